The molecule has 20 heavy (non-hydrogen) atoms. The molecule has 0 radical (unpaired) electrons. The highest BCUT2D eigenvalue weighted by atomic mass is 19.4. The summed E-state index contributed by atoms with van der Waals surface area (Å²) in [6.07, 6.45) is -2.33. The van der Waals surface area contributed by atoms with E-state index in [1.165, 1.54) is 0 Å². The lowest BCUT2D eigenvalue weighted by atomic mass is 10.1. The molecule has 0 saturated heterocycles. The van der Waals surface area contributed by atoms with Crippen molar-refractivity contribution in [1.29, 1.82) is 0 Å². The number of ketones is 1. The van der Waals surface area contributed by atoms with E-state index in [9.17, 15) is 18.0 Å². The van der Waals surface area contributed by atoms with Crippen LogP contribution in [0.2, 0.25) is 0 Å². The number of hydrogen-bond acceptors (Lipinski definition) is 2. The highest BCUT2D eigenvalue weighted by molar-refractivity contribution is 5.97. The fraction of sp³-hybridized carbons (Fsp3) is 0.533. The molecule has 0 aliphatic carbocycles. The predicted octanol–water partition coefficient (Wildman–Crippen LogP) is 3.71. The molecule has 0 aromatic heterocycles. The molecule has 0 fully saturated rings. The standard InChI is InChI=1S/C15H20F3NO/c1-3-5-12-6-8-13(9-7-12)14(20)10-19(4-2)11-15(16,17)18/h6-9H,3-5,10-11H2,1-2H3. The van der Waals surface area contributed by atoms with Gasteiger partial charge in [-0.05, 0) is 18.5 Å². The molecule has 0 amide bonds. The summed E-state index contributed by atoms with van der Waals surface area (Å²) in [4.78, 5) is 13.1. The first-order chi connectivity index (χ1) is 9.35. The molecule has 112 valence electrons. The maximum Gasteiger partial charge on any atom is 0.401 e. The molecule has 0 unspecified atom stereocenters. The SMILES string of the molecule is CCCc1ccc(C(=O)CN(CC)CC(F)(F)F)cc1. The predicted molar refractivity (Wildman–Crippen MR) is 72.9 cm³/mol. The van der Waals surface area contributed by atoms with Gasteiger partial charge in [-0.25, -0.2) is 0 Å². The molecule has 0 atom stereocenters. The lowest BCUT2D eigenvalue weighted by Crippen LogP contribution is -2.37. The Morgan fingerprint density at radius 2 is 1.75 bits per heavy atom. The number of halogens is 3. The van der Waals surface area contributed by atoms with E-state index in [1.54, 1.807) is 19.1 Å². The van der Waals surface area contributed by atoms with E-state index >= 15 is 0 Å². The van der Waals surface area contributed by atoms with Gasteiger partial charge in [0.2, 0.25) is 0 Å². The van der Waals surface area contributed by atoms with Gasteiger partial charge in [0.25, 0.3) is 0 Å². The van der Waals surface area contributed by atoms with Gasteiger partial charge in [-0.15, -0.1) is 0 Å². The molecule has 0 heterocycles. The minimum absolute atomic E-state index is 0.194. The van der Waals surface area contributed by atoms with Crippen molar-refractivity contribution in [3.63, 3.8) is 0 Å². The molecule has 1 aromatic rings. The van der Waals surface area contributed by atoms with Crippen molar-refractivity contribution in [3.05, 3.63) is 35.4 Å². The van der Waals surface area contributed by atoms with Crippen LogP contribution in [0.15, 0.2) is 24.3 Å². The van der Waals surface area contributed by atoms with Crippen LogP contribution in [0.25, 0.3) is 0 Å². The third kappa shape index (κ3) is 5.74. The van der Waals surface area contributed by atoms with Gasteiger partial charge in [-0.3, -0.25) is 9.69 Å². The van der Waals surface area contributed by atoms with Gasteiger partial charge in [0.05, 0.1) is 13.1 Å². The molecular weight excluding hydrogens is 267 g/mol. The van der Waals surface area contributed by atoms with Gasteiger partial charge in [0, 0.05) is 5.56 Å². The molecule has 0 bridgehead atoms. The van der Waals surface area contributed by atoms with Crippen molar-refractivity contribution >= 4 is 5.78 Å². The Morgan fingerprint density at radius 3 is 2.20 bits per heavy atom. The van der Waals surface area contributed by atoms with Gasteiger partial charge in [-0.2, -0.15) is 13.2 Å². The second-order valence-corrected chi connectivity index (χ2v) is 4.79. The number of aryl methyl sites for hydroxylation is 1. The van der Waals surface area contributed by atoms with Crippen molar-refractivity contribution in [2.75, 3.05) is 19.6 Å². The first-order valence-corrected chi connectivity index (χ1v) is 6.77. The Hall–Kier alpha value is -1.36. The number of carbonyl (C=O) groups excluding carboxylic acids is 1. The largest absolute Gasteiger partial charge is 0.401 e. The van der Waals surface area contributed by atoms with Crippen LogP contribution in [0, 0.1) is 0 Å². The summed E-state index contributed by atoms with van der Waals surface area (Å²) in [6, 6.07) is 7.09. The van der Waals surface area contributed by atoms with Gasteiger partial charge in [0.15, 0.2) is 5.78 Å². The van der Waals surface area contributed by atoms with Crippen molar-refractivity contribution in [2.24, 2.45) is 0 Å². The van der Waals surface area contributed by atoms with Crippen LogP contribution in [0.5, 0.6) is 0 Å². The Morgan fingerprint density at radius 1 is 1.15 bits per heavy atom. The number of alkyl halides is 3. The van der Waals surface area contributed by atoms with Crippen molar-refractivity contribution < 1.29 is 18.0 Å². The Labute approximate surface area is 117 Å². The maximum atomic E-state index is 12.3. The average Bonchev–Trinajstić information content (AvgIpc) is 2.37. The van der Waals surface area contributed by atoms with E-state index < -0.39 is 12.7 Å². The van der Waals surface area contributed by atoms with Crippen LogP contribution < -0.4 is 0 Å². The van der Waals surface area contributed by atoms with Crippen LogP contribution in [-0.4, -0.2) is 36.5 Å². The van der Waals surface area contributed by atoms with Crippen LogP contribution in [0.1, 0.15) is 36.2 Å². The zero-order chi connectivity index (χ0) is 15.2. The van der Waals surface area contributed by atoms with Crippen molar-refractivity contribution in [3.8, 4) is 0 Å². The lowest BCUT2D eigenvalue weighted by Gasteiger charge is -2.21. The van der Waals surface area contributed by atoms with E-state index in [2.05, 4.69) is 6.92 Å². The van der Waals surface area contributed by atoms with Gasteiger partial charge in [0.1, 0.15) is 0 Å². The quantitative estimate of drug-likeness (QED) is 0.713. The molecule has 0 N–H and O–H groups in total. The van der Waals surface area contributed by atoms with Crippen molar-refractivity contribution in [1.82, 2.24) is 4.90 Å². The normalized spacial score (nSPS) is 11.9. The van der Waals surface area contributed by atoms with Crippen LogP contribution in [-0.2, 0) is 6.42 Å². The molecule has 0 aliphatic heterocycles. The number of benzene rings is 1. The highest BCUT2D eigenvalue weighted by Crippen LogP contribution is 2.16. The minimum atomic E-state index is -4.28. The van der Waals surface area contributed by atoms with E-state index in [4.69, 9.17) is 0 Å². The van der Waals surface area contributed by atoms with Gasteiger partial charge < -0.3 is 0 Å². The monoisotopic (exact) mass is 287 g/mol. The number of hydrogen-bond donors (Lipinski definition) is 0. The summed E-state index contributed by atoms with van der Waals surface area (Å²) in [5, 5.41) is 0. The number of carbonyl (C=O) groups is 1. The van der Waals surface area contributed by atoms with Crippen LogP contribution in [0.4, 0.5) is 13.2 Å². The fourth-order valence-electron chi connectivity index (χ4n) is 1.97. The second kappa shape index (κ2) is 7.43. The average molecular weight is 287 g/mol. The zero-order valence-corrected chi connectivity index (χ0v) is 11.8. The van der Waals surface area contributed by atoms with Crippen LogP contribution in [0.3, 0.4) is 0 Å². The van der Waals surface area contributed by atoms with E-state index in [-0.39, 0.29) is 18.9 Å². The van der Waals surface area contributed by atoms with Gasteiger partial charge >= 0.3 is 6.18 Å². The van der Waals surface area contributed by atoms with Crippen molar-refractivity contribution in [2.45, 2.75) is 32.9 Å². The lowest BCUT2D eigenvalue weighted by molar-refractivity contribution is -0.144. The van der Waals surface area contributed by atoms with E-state index in [0.29, 0.717) is 5.56 Å². The molecule has 1 rings (SSSR count). The third-order valence-corrected chi connectivity index (χ3v) is 3.03. The topological polar surface area (TPSA) is 20.3 Å². The summed E-state index contributed by atoms with van der Waals surface area (Å²) in [5.41, 5.74) is 1.59. The number of rotatable bonds is 7. The summed E-state index contributed by atoms with van der Waals surface area (Å²) >= 11 is 0. The highest BCUT2D eigenvalue weighted by Gasteiger charge is 2.30. The molecule has 1 aromatic carbocycles. The Balaban J connectivity index is 2.64. The molecular formula is C15H20F3NO. The van der Waals surface area contributed by atoms with E-state index in [1.807, 2.05) is 12.1 Å². The summed E-state index contributed by atoms with van der Waals surface area (Å²) in [5.74, 6) is -0.279. The smallest absolute Gasteiger partial charge is 0.293 e. The molecule has 0 spiro atoms. The Kier molecular flexibility index (Phi) is 6.20. The van der Waals surface area contributed by atoms with Gasteiger partial charge in [-0.1, -0.05) is 44.5 Å². The number of Topliss-reactive ketones (excluding diaryl/α,β-unsaturated/α-hetero) is 1. The third-order valence-electron chi connectivity index (χ3n) is 3.03. The zero-order valence-electron chi connectivity index (χ0n) is 11.8. The first kappa shape index (κ1) is 16.7. The Bertz CT molecular complexity index is 426. The second-order valence-electron chi connectivity index (χ2n) is 4.79. The minimum Gasteiger partial charge on any atom is -0.293 e. The maximum absolute atomic E-state index is 12.3. The molecule has 0 aliphatic rings. The summed E-state index contributed by atoms with van der Waals surface area (Å²) in [7, 11) is 0. The number of nitrogens with zero attached hydrogens (tertiary/aromatic N) is 1. The summed E-state index contributed by atoms with van der Waals surface area (Å²) in [6.45, 7) is 2.62. The fourth-order valence-corrected chi connectivity index (χ4v) is 1.97. The molecule has 2 nitrogen and oxygen atoms in total. The molecule has 0 saturated carbocycles. The number of likely N-dealkylation sites (N-methyl/N-ethyl adjacent to an activating group) is 1. The van der Waals surface area contributed by atoms with Crippen LogP contribution >= 0.6 is 0 Å². The van der Waals surface area contributed by atoms with E-state index in [0.717, 1.165) is 23.3 Å². The summed E-state index contributed by atoms with van der Waals surface area (Å²) < 4.78 is 37.0. The first-order valence-electron chi connectivity index (χ1n) is 6.77. The molecule has 5 heteroatoms.